The third-order valence-corrected chi connectivity index (χ3v) is 5.86. The first kappa shape index (κ1) is 15.4. The van der Waals surface area contributed by atoms with Crippen LogP contribution in [0.2, 0.25) is 0 Å². The minimum atomic E-state index is -0.437. The van der Waals surface area contributed by atoms with Gasteiger partial charge in [-0.05, 0) is 0 Å². The van der Waals surface area contributed by atoms with Crippen LogP contribution in [0.4, 0.5) is 0 Å². The zero-order valence-corrected chi connectivity index (χ0v) is 12.4. The first-order chi connectivity index (χ1) is 5.46. The Bertz CT molecular complexity index is 109. The fourth-order valence-electron chi connectivity index (χ4n) is 1.05. The first-order valence-electron chi connectivity index (χ1n) is 3.31. The Labute approximate surface area is 120 Å². The molecular weight excluding hydrogens is 386 g/mol. The van der Waals surface area contributed by atoms with Crippen molar-refractivity contribution >= 4 is 69.6 Å². The average molecular weight is 392 g/mol. The summed E-state index contributed by atoms with van der Waals surface area (Å²) in [5.74, 6) is 0. The molecule has 0 bridgehead atoms. The summed E-state index contributed by atoms with van der Waals surface area (Å²) in [6.07, 6.45) is 0. The van der Waals surface area contributed by atoms with Gasteiger partial charge in [0.25, 0.3) is 0 Å². The molecule has 13 heavy (non-hydrogen) atoms. The second-order valence-corrected chi connectivity index (χ2v) is 5.69. The maximum Gasteiger partial charge on any atom is 0.0693 e. The van der Waals surface area contributed by atoms with E-state index < -0.39 is 32.3 Å². The van der Waals surface area contributed by atoms with Crippen LogP contribution in [0.5, 0.6) is 0 Å². The smallest absolute Gasteiger partial charge is 0.0693 e. The van der Waals surface area contributed by atoms with Gasteiger partial charge in [-0.25, -0.2) is 0 Å². The molecule has 80 valence electrons. The van der Waals surface area contributed by atoms with Crippen molar-refractivity contribution in [2.75, 3.05) is 0 Å². The van der Waals surface area contributed by atoms with Gasteiger partial charge in [0.1, 0.15) is 0 Å². The summed E-state index contributed by atoms with van der Waals surface area (Å²) in [6.45, 7) is 0. The maximum absolute atomic E-state index is 5.88. The quantitative estimate of drug-likeness (QED) is 0.437. The predicted octanol–water partition coefficient (Wildman–Crippen LogP) is 3.64. The molecule has 0 aromatic carbocycles. The van der Waals surface area contributed by atoms with E-state index in [9.17, 15) is 0 Å². The minimum absolute atomic E-state index is 0. The standard InChI is InChI=1S/C6H6Cl6.Ru/c7-1-2(8)4(10)6(12)5(11)3(1)9;/h1-6H;/t1-,2-,3-,4+,5+,6+;. The molecule has 1 saturated carbocycles. The zero-order valence-electron chi connectivity index (χ0n) is 6.09. The summed E-state index contributed by atoms with van der Waals surface area (Å²) >= 11 is 35.3. The number of hydrogen-bond donors (Lipinski definition) is 0. The van der Waals surface area contributed by atoms with Gasteiger partial charge < -0.3 is 0 Å². The molecular formula is C6H6Cl6Ru. The summed E-state index contributed by atoms with van der Waals surface area (Å²) < 4.78 is 0. The number of halogens is 6. The Morgan fingerprint density at radius 2 is 0.462 bits per heavy atom. The topological polar surface area (TPSA) is 0 Å². The molecule has 0 aromatic heterocycles. The van der Waals surface area contributed by atoms with Crippen molar-refractivity contribution in [3.05, 3.63) is 0 Å². The van der Waals surface area contributed by atoms with E-state index >= 15 is 0 Å². The van der Waals surface area contributed by atoms with Crippen LogP contribution in [0.15, 0.2) is 0 Å². The van der Waals surface area contributed by atoms with Crippen molar-refractivity contribution in [3.8, 4) is 0 Å². The van der Waals surface area contributed by atoms with Gasteiger partial charge >= 0.3 is 0 Å². The molecule has 0 heterocycles. The zero-order chi connectivity index (χ0) is 9.46. The van der Waals surface area contributed by atoms with E-state index in [1.54, 1.807) is 0 Å². The Kier molecular flexibility index (Phi) is 7.31. The van der Waals surface area contributed by atoms with Gasteiger partial charge in [-0.1, -0.05) is 0 Å². The SMILES string of the molecule is Cl[C@H]1[C@H](Cl)[C@@H](Cl)[C@@H](Cl)[C@H](Cl)[C@H]1Cl.[Ru]. The van der Waals surface area contributed by atoms with Crippen molar-refractivity contribution in [1.29, 1.82) is 0 Å². The third-order valence-electron chi connectivity index (χ3n) is 1.83. The van der Waals surface area contributed by atoms with Gasteiger partial charge in [0, 0.05) is 19.5 Å². The summed E-state index contributed by atoms with van der Waals surface area (Å²) in [4.78, 5) is 0. The molecule has 0 radical (unpaired) electrons. The molecule has 1 aliphatic rings. The van der Waals surface area contributed by atoms with Crippen LogP contribution in [0.1, 0.15) is 0 Å². The number of hydrogen-bond acceptors (Lipinski definition) is 0. The Morgan fingerprint density at radius 1 is 0.385 bits per heavy atom. The largest absolute Gasteiger partial charge is 0.120 e. The van der Waals surface area contributed by atoms with E-state index in [2.05, 4.69) is 0 Å². The molecule has 7 heteroatoms. The minimum Gasteiger partial charge on any atom is -0.120 e. The Morgan fingerprint density at radius 3 is 0.538 bits per heavy atom. The average Bonchev–Trinajstić information content (AvgIpc) is 2.08. The maximum atomic E-state index is 5.88. The fraction of sp³-hybridized carbons (Fsp3) is 1.00. The van der Waals surface area contributed by atoms with E-state index in [1.807, 2.05) is 0 Å². The summed E-state index contributed by atoms with van der Waals surface area (Å²) in [6, 6.07) is 0. The van der Waals surface area contributed by atoms with E-state index in [4.69, 9.17) is 69.6 Å². The molecule has 0 saturated heterocycles. The molecule has 0 unspecified atom stereocenters. The molecule has 0 atom stereocenters. The fourth-order valence-corrected chi connectivity index (χ4v) is 3.38. The van der Waals surface area contributed by atoms with Gasteiger partial charge in [0.2, 0.25) is 0 Å². The molecule has 1 aliphatic carbocycles. The molecule has 0 amide bonds. The van der Waals surface area contributed by atoms with Gasteiger partial charge in [0.05, 0.1) is 32.3 Å². The summed E-state index contributed by atoms with van der Waals surface area (Å²) in [5.41, 5.74) is 0. The molecule has 1 fully saturated rings. The van der Waals surface area contributed by atoms with Crippen molar-refractivity contribution in [2.45, 2.75) is 32.3 Å². The second kappa shape index (κ2) is 6.19. The third kappa shape index (κ3) is 3.16. The van der Waals surface area contributed by atoms with Gasteiger partial charge in [-0.3, -0.25) is 0 Å². The van der Waals surface area contributed by atoms with Crippen molar-refractivity contribution in [1.82, 2.24) is 0 Å². The monoisotopic (exact) mass is 390 g/mol. The molecule has 0 nitrogen and oxygen atoms in total. The van der Waals surface area contributed by atoms with Gasteiger partial charge in [0.15, 0.2) is 0 Å². The van der Waals surface area contributed by atoms with Gasteiger partial charge in [-0.15, -0.1) is 69.6 Å². The van der Waals surface area contributed by atoms with Crippen molar-refractivity contribution < 1.29 is 19.5 Å². The van der Waals surface area contributed by atoms with E-state index in [0.717, 1.165) is 0 Å². The Hall–Kier alpha value is 2.36. The van der Waals surface area contributed by atoms with E-state index in [0.29, 0.717) is 0 Å². The van der Waals surface area contributed by atoms with Crippen molar-refractivity contribution in [2.24, 2.45) is 0 Å². The predicted molar refractivity (Wildman–Crippen MR) is 57.8 cm³/mol. The molecule has 0 spiro atoms. The van der Waals surface area contributed by atoms with Crippen LogP contribution < -0.4 is 0 Å². The van der Waals surface area contributed by atoms with Crippen LogP contribution in [-0.4, -0.2) is 32.3 Å². The van der Waals surface area contributed by atoms with E-state index in [1.165, 1.54) is 0 Å². The van der Waals surface area contributed by atoms with E-state index in [-0.39, 0.29) is 19.5 Å². The molecule has 0 aromatic rings. The van der Waals surface area contributed by atoms with Crippen LogP contribution in [0.25, 0.3) is 0 Å². The Balaban J connectivity index is 0.00000144. The summed E-state index contributed by atoms with van der Waals surface area (Å²) in [5, 5.41) is -2.62. The van der Waals surface area contributed by atoms with Crippen LogP contribution in [-0.2, 0) is 19.5 Å². The van der Waals surface area contributed by atoms with Crippen molar-refractivity contribution in [3.63, 3.8) is 0 Å². The normalized spacial score (nSPS) is 51.2. The second-order valence-electron chi connectivity index (χ2n) is 2.67. The van der Waals surface area contributed by atoms with Crippen LogP contribution in [0.3, 0.4) is 0 Å². The summed E-state index contributed by atoms with van der Waals surface area (Å²) in [7, 11) is 0. The molecule has 0 N–H and O–H groups in total. The van der Waals surface area contributed by atoms with Crippen LogP contribution >= 0.6 is 69.6 Å². The molecule has 0 aliphatic heterocycles. The molecule has 1 rings (SSSR count). The first-order valence-corrected chi connectivity index (χ1v) is 5.93. The van der Waals surface area contributed by atoms with Gasteiger partial charge in [-0.2, -0.15) is 0 Å². The number of rotatable bonds is 0. The van der Waals surface area contributed by atoms with Crippen LogP contribution in [0, 0.1) is 0 Å². The number of alkyl halides is 6.